The van der Waals surface area contributed by atoms with Crippen molar-refractivity contribution in [2.75, 3.05) is 12.3 Å². The molecule has 2 aromatic rings. The van der Waals surface area contributed by atoms with Crippen molar-refractivity contribution in [1.29, 1.82) is 0 Å². The Bertz CT molecular complexity index is 529. The third kappa shape index (κ3) is 4.90. The molecule has 0 amide bonds. The van der Waals surface area contributed by atoms with Crippen molar-refractivity contribution in [3.05, 3.63) is 45.4 Å². The van der Waals surface area contributed by atoms with Gasteiger partial charge < -0.3 is 9.88 Å². The topological polar surface area (TPSA) is 17.0 Å². The first-order valence-electron chi connectivity index (χ1n) is 7.68. The van der Waals surface area contributed by atoms with Crippen molar-refractivity contribution in [3.63, 3.8) is 0 Å². The van der Waals surface area contributed by atoms with Crippen LogP contribution < -0.4 is 5.32 Å². The lowest BCUT2D eigenvalue weighted by Gasteiger charge is -2.08. The number of hydrogen-bond acceptors (Lipinski definition) is 3. The van der Waals surface area contributed by atoms with E-state index in [1.165, 1.54) is 34.0 Å². The fourth-order valence-corrected chi connectivity index (χ4v) is 4.30. The maximum atomic E-state index is 3.57. The van der Waals surface area contributed by atoms with Crippen molar-refractivity contribution in [3.8, 4) is 0 Å². The maximum Gasteiger partial charge on any atom is 0.0279 e. The predicted molar refractivity (Wildman–Crippen MR) is 96.4 cm³/mol. The molecule has 0 radical (unpaired) electrons. The Balaban J connectivity index is 1.67. The molecule has 0 aliphatic heterocycles. The lowest BCUT2D eigenvalue weighted by molar-refractivity contribution is 0.642. The zero-order valence-corrected chi connectivity index (χ0v) is 14.9. The van der Waals surface area contributed by atoms with Gasteiger partial charge in [0.2, 0.25) is 0 Å². The molecule has 0 spiro atoms. The van der Waals surface area contributed by atoms with E-state index in [9.17, 15) is 0 Å². The summed E-state index contributed by atoms with van der Waals surface area (Å²) in [5, 5.41) is 5.73. The first-order chi connectivity index (χ1) is 10.2. The molecule has 0 saturated carbocycles. The summed E-state index contributed by atoms with van der Waals surface area (Å²) in [6, 6.07) is 6.68. The second-order valence-electron chi connectivity index (χ2n) is 5.36. The van der Waals surface area contributed by atoms with Gasteiger partial charge in [-0.05, 0) is 43.3 Å². The van der Waals surface area contributed by atoms with E-state index in [0.29, 0.717) is 0 Å². The van der Waals surface area contributed by atoms with Crippen molar-refractivity contribution in [1.82, 2.24) is 9.88 Å². The quantitative estimate of drug-likeness (QED) is 0.680. The fraction of sp³-hybridized carbons (Fsp3) is 0.529. The van der Waals surface area contributed by atoms with E-state index in [4.69, 9.17) is 0 Å². The van der Waals surface area contributed by atoms with Crippen LogP contribution in [0.3, 0.4) is 0 Å². The van der Waals surface area contributed by atoms with E-state index >= 15 is 0 Å². The van der Waals surface area contributed by atoms with Gasteiger partial charge in [0.15, 0.2) is 0 Å². The maximum absolute atomic E-state index is 3.57. The molecule has 0 aromatic carbocycles. The second-order valence-corrected chi connectivity index (χ2v) is 7.49. The van der Waals surface area contributed by atoms with Crippen molar-refractivity contribution in [2.45, 2.75) is 46.0 Å². The average Bonchev–Trinajstić information content (AvgIpc) is 3.07. The van der Waals surface area contributed by atoms with E-state index in [-0.39, 0.29) is 0 Å². The molecule has 0 atom stereocenters. The minimum atomic E-state index is 0.989. The minimum Gasteiger partial charge on any atom is -0.349 e. The summed E-state index contributed by atoms with van der Waals surface area (Å²) < 4.78 is 2.43. The van der Waals surface area contributed by atoms with Crippen molar-refractivity contribution in [2.24, 2.45) is 0 Å². The van der Waals surface area contributed by atoms with Crippen LogP contribution in [0, 0.1) is 13.8 Å². The van der Waals surface area contributed by atoms with Gasteiger partial charge in [0, 0.05) is 47.4 Å². The number of aromatic nitrogens is 1. The van der Waals surface area contributed by atoms with Crippen molar-refractivity contribution >= 4 is 23.1 Å². The molecular formula is C17H26N2S2. The number of nitrogens with one attached hydrogen (secondary N) is 1. The van der Waals surface area contributed by atoms with E-state index in [0.717, 1.165) is 25.4 Å². The van der Waals surface area contributed by atoms with E-state index in [1.54, 1.807) is 0 Å². The van der Waals surface area contributed by atoms with Crippen LogP contribution in [0.1, 0.15) is 35.2 Å². The van der Waals surface area contributed by atoms with Crippen LogP contribution in [0.5, 0.6) is 0 Å². The Labute approximate surface area is 137 Å². The van der Waals surface area contributed by atoms with Gasteiger partial charge in [0.25, 0.3) is 0 Å². The molecule has 0 saturated heterocycles. The molecule has 116 valence electrons. The lowest BCUT2D eigenvalue weighted by atomic mass is 10.2. The van der Waals surface area contributed by atoms with Crippen LogP contribution >= 0.6 is 23.1 Å². The number of aryl methyl sites for hydroxylation is 1. The summed E-state index contributed by atoms with van der Waals surface area (Å²) in [5.41, 5.74) is 4.26. The lowest BCUT2D eigenvalue weighted by Crippen LogP contribution is -2.17. The number of hydrogen-bond donors (Lipinski definition) is 1. The van der Waals surface area contributed by atoms with E-state index in [2.05, 4.69) is 54.2 Å². The molecule has 0 aliphatic rings. The first kappa shape index (κ1) is 16.7. The third-order valence-corrected chi connectivity index (χ3v) is 5.76. The highest BCUT2D eigenvalue weighted by molar-refractivity contribution is 7.98. The van der Waals surface area contributed by atoms with Gasteiger partial charge >= 0.3 is 0 Å². The summed E-state index contributed by atoms with van der Waals surface area (Å²) in [5.74, 6) is 2.32. The monoisotopic (exact) mass is 322 g/mol. The smallest absolute Gasteiger partial charge is 0.0279 e. The van der Waals surface area contributed by atoms with Crippen LogP contribution in [-0.4, -0.2) is 16.9 Å². The normalized spacial score (nSPS) is 11.2. The molecule has 2 heterocycles. The molecule has 21 heavy (non-hydrogen) atoms. The summed E-state index contributed by atoms with van der Waals surface area (Å²) in [7, 11) is 0. The van der Waals surface area contributed by atoms with E-state index < -0.39 is 0 Å². The Morgan fingerprint density at radius 3 is 2.90 bits per heavy atom. The zero-order chi connectivity index (χ0) is 15.1. The molecule has 0 unspecified atom stereocenters. The Morgan fingerprint density at radius 2 is 2.19 bits per heavy atom. The second kappa shape index (κ2) is 8.66. The van der Waals surface area contributed by atoms with Crippen LogP contribution in [0.2, 0.25) is 0 Å². The molecule has 0 bridgehead atoms. The SMILES string of the molecule is CCCn1c(C)cc(CNCCSCc2cccs2)c1C. The molecule has 0 aliphatic carbocycles. The van der Waals surface area contributed by atoms with Crippen LogP contribution in [0.4, 0.5) is 0 Å². The number of nitrogens with zero attached hydrogens (tertiary/aromatic N) is 1. The largest absolute Gasteiger partial charge is 0.349 e. The molecule has 2 aromatic heterocycles. The highest BCUT2D eigenvalue weighted by atomic mass is 32.2. The van der Waals surface area contributed by atoms with Gasteiger partial charge in [-0.25, -0.2) is 0 Å². The summed E-state index contributed by atoms with van der Waals surface area (Å²) in [6.07, 6.45) is 1.20. The summed E-state index contributed by atoms with van der Waals surface area (Å²) in [6.45, 7) is 9.89. The van der Waals surface area contributed by atoms with Gasteiger partial charge in [-0.2, -0.15) is 11.8 Å². The zero-order valence-electron chi connectivity index (χ0n) is 13.3. The van der Waals surface area contributed by atoms with Gasteiger partial charge in [0.1, 0.15) is 0 Å². The number of rotatable bonds is 9. The van der Waals surface area contributed by atoms with Gasteiger partial charge in [-0.1, -0.05) is 13.0 Å². The molecule has 4 heteroatoms. The fourth-order valence-electron chi connectivity index (χ4n) is 2.55. The van der Waals surface area contributed by atoms with Gasteiger partial charge in [-0.3, -0.25) is 0 Å². The van der Waals surface area contributed by atoms with Gasteiger partial charge in [-0.15, -0.1) is 11.3 Å². The standard InChI is InChI=1S/C17H26N2S2/c1-4-8-19-14(2)11-16(15(19)3)12-18-7-10-20-13-17-6-5-9-21-17/h5-6,9,11,18H,4,7-8,10,12-13H2,1-3H3. The highest BCUT2D eigenvalue weighted by Gasteiger charge is 2.07. The molecule has 2 rings (SSSR count). The molecular weight excluding hydrogens is 296 g/mol. The molecule has 0 fully saturated rings. The van der Waals surface area contributed by atoms with Crippen LogP contribution in [0.25, 0.3) is 0 Å². The average molecular weight is 323 g/mol. The molecule has 1 N–H and O–H groups in total. The number of thiophene rings is 1. The number of thioether (sulfide) groups is 1. The summed E-state index contributed by atoms with van der Waals surface area (Å²) in [4.78, 5) is 1.48. The predicted octanol–water partition coefficient (Wildman–Crippen LogP) is 4.60. The van der Waals surface area contributed by atoms with E-state index in [1.807, 2.05) is 23.1 Å². The Hall–Kier alpha value is -0.710. The van der Waals surface area contributed by atoms with Crippen LogP contribution in [0.15, 0.2) is 23.6 Å². The highest BCUT2D eigenvalue weighted by Crippen LogP contribution is 2.17. The minimum absolute atomic E-state index is 0.989. The molecule has 2 nitrogen and oxygen atoms in total. The first-order valence-corrected chi connectivity index (χ1v) is 9.72. The Kier molecular flexibility index (Phi) is 6.87. The van der Waals surface area contributed by atoms with Gasteiger partial charge in [0.05, 0.1) is 0 Å². The van der Waals surface area contributed by atoms with Crippen LogP contribution in [-0.2, 0) is 18.8 Å². The third-order valence-electron chi connectivity index (χ3n) is 3.69. The summed E-state index contributed by atoms with van der Waals surface area (Å²) >= 11 is 3.86. The van der Waals surface area contributed by atoms with Crippen molar-refractivity contribution < 1.29 is 0 Å². The Morgan fingerprint density at radius 1 is 1.33 bits per heavy atom.